The van der Waals surface area contributed by atoms with Crippen molar-refractivity contribution >= 4 is 17.3 Å². The van der Waals surface area contributed by atoms with Crippen LogP contribution in [0.15, 0.2) is 42.6 Å². The minimum atomic E-state index is -0.0103. The number of hydrogen-bond donors (Lipinski definition) is 1. The van der Waals surface area contributed by atoms with Crippen LogP contribution in [0.1, 0.15) is 30.8 Å². The Balaban J connectivity index is 2.34. The number of nitrogens with two attached hydrogens (primary N) is 1. The van der Waals surface area contributed by atoms with Crippen molar-refractivity contribution in [3.05, 3.63) is 48.3 Å². The number of anilines is 2. The smallest absolute Gasteiger partial charge is 0.274 e. The Morgan fingerprint density at radius 2 is 1.95 bits per heavy atom. The Morgan fingerprint density at radius 3 is 2.55 bits per heavy atom. The number of aryl methyl sites for hydroxylation is 1. The molecule has 0 saturated heterocycles. The first-order valence-electron chi connectivity index (χ1n) is 7.00. The molecular weight excluding hydrogens is 250 g/mol. The van der Waals surface area contributed by atoms with E-state index in [-0.39, 0.29) is 5.91 Å². The van der Waals surface area contributed by atoms with E-state index in [0.717, 1.165) is 18.7 Å². The summed E-state index contributed by atoms with van der Waals surface area (Å²) < 4.78 is 1.93. The van der Waals surface area contributed by atoms with Gasteiger partial charge in [0.2, 0.25) is 0 Å². The molecule has 0 aliphatic heterocycles. The first kappa shape index (κ1) is 14.2. The average Bonchev–Trinajstić information content (AvgIpc) is 2.82. The molecule has 0 atom stereocenters. The Kier molecular flexibility index (Phi) is 4.45. The van der Waals surface area contributed by atoms with E-state index in [9.17, 15) is 4.79 Å². The number of para-hydroxylation sites is 1. The minimum Gasteiger partial charge on any atom is -0.397 e. The molecule has 1 aromatic carbocycles. The highest BCUT2D eigenvalue weighted by Gasteiger charge is 2.19. The molecule has 0 radical (unpaired) electrons. The summed E-state index contributed by atoms with van der Waals surface area (Å²) in [6, 6.07) is 11.5. The van der Waals surface area contributed by atoms with E-state index in [1.165, 1.54) is 0 Å². The van der Waals surface area contributed by atoms with Crippen LogP contribution in [0.2, 0.25) is 0 Å². The van der Waals surface area contributed by atoms with E-state index in [1.54, 1.807) is 11.0 Å². The summed E-state index contributed by atoms with van der Waals surface area (Å²) in [5.41, 5.74) is 8.02. The average molecular weight is 271 g/mol. The Morgan fingerprint density at radius 1 is 1.25 bits per heavy atom. The van der Waals surface area contributed by atoms with Gasteiger partial charge in [-0.05, 0) is 31.5 Å². The standard InChI is InChI=1S/C16H21N3O/c1-3-10-18-12-13(17)11-15(18)16(20)19(4-2)14-8-6-5-7-9-14/h5-9,11-12H,3-4,10,17H2,1-2H3. The van der Waals surface area contributed by atoms with Gasteiger partial charge in [-0.1, -0.05) is 25.1 Å². The monoisotopic (exact) mass is 271 g/mol. The summed E-state index contributed by atoms with van der Waals surface area (Å²) in [5, 5.41) is 0. The van der Waals surface area contributed by atoms with Crippen LogP contribution in [0.5, 0.6) is 0 Å². The number of hydrogen-bond acceptors (Lipinski definition) is 2. The van der Waals surface area contributed by atoms with Gasteiger partial charge in [-0.2, -0.15) is 0 Å². The van der Waals surface area contributed by atoms with Crippen LogP contribution >= 0.6 is 0 Å². The van der Waals surface area contributed by atoms with Crippen LogP contribution in [0.3, 0.4) is 0 Å². The van der Waals surface area contributed by atoms with Gasteiger partial charge in [0, 0.05) is 25.0 Å². The zero-order valence-corrected chi connectivity index (χ0v) is 12.0. The van der Waals surface area contributed by atoms with E-state index in [1.807, 2.05) is 48.0 Å². The maximum atomic E-state index is 12.7. The van der Waals surface area contributed by atoms with Crippen LogP contribution in [0, 0.1) is 0 Å². The van der Waals surface area contributed by atoms with E-state index in [0.29, 0.717) is 17.9 Å². The van der Waals surface area contributed by atoms with Crippen molar-refractivity contribution in [2.45, 2.75) is 26.8 Å². The fourth-order valence-electron chi connectivity index (χ4n) is 2.33. The number of carbonyl (C=O) groups is 1. The molecule has 4 nitrogen and oxygen atoms in total. The predicted octanol–water partition coefficient (Wildman–Crippen LogP) is 3.15. The van der Waals surface area contributed by atoms with Crippen molar-refractivity contribution < 1.29 is 4.79 Å². The lowest BCUT2D eigenvalue weighted by molar-refractivity contribution is 0.0979. The van der Waals surface area contributed by atoms with Crippen LogP contribution in [-0.2, 0) is 6.54 Å². The third-order valence-corrected chi connectivity index (χ3v) is 3.23. The summed E-state index contributed by atoms with van der Waals surface area (Å²) >= 11 is 0. The molecule has 106 valence electrons. The first-order valence-corrected chi connectivity index (χ1v) is 7.00. The lowest BCUT2D eigenvalue weighted by atomic mass is 10.2. The van der Waals surface area contributed by atoms with Gasteiger partial charge in [0.05, 0.1) is 5.69 Å². The topological polar surface area (TPSA) is 51.3 Å². The molecule has 0 spiro atoms. The number of carbonyl (C=O) groups excluding carboxylic acids is 1. The normalized spacial score (nSPS) is 10.5. The van der Waals surface area contributed by atoms with Crippen molar-refractivity contribution in [3.8, 4) is 0 Å². The minimum absolute atomic E-state index is 0.0103. The summed E-state index contributed by atoms with van der Waals surface area (Å²) in [4.78, 5) is 14.5. The van der Waals surface area contributed by atoms with Gasteiger partial charge in [0.1, 0.15) is 5.69 Å². The molecule has 2 aromatic rings. The molecule has 2 N–H and O–H groups in total. The molecule has 20 heavy (non-hydrogen) atoms. The zero-order chi connectivity index (χ0) is 14.5. The van der Waals surface area contributed by atoms with Crippen molar-refractivity contribution in [3.63, 3.8) is 0 Å². The van der Waals surface area contributed by atoms with Crippen LogP contribution < -0.4 is 10.6 Å². The maximum Gasteiger partial charge on any atom is 0.274 e. The van der Waals surface area contributed by atoms with Crippen molar-refractivity contribution in [1.29, 1.82) is 0 Å². The van der Waals surface area contributed by atoms with Gasteiger partial charge < -0.3 is 15.2 Å². The van der Waals surface area contributed by atoms with Crippen molar-refractivity contribution in [1.82, 2.24) is 4.57 Å². The SMILES string of the molecule is CCCn1cc(N)cc1C(=O)N(CC)c1ccccc1. The largest absolute Gasteiger partial charge is 0.397 e. The molecule has 1 heterocycles. The highest BCUT2D eigenvalue weighted by Crippen LogP contribution is 2.19. The fourth-order valence-corrected chi connectivity index (χ4v) is 2.33. The number of nitrogens with zero attached hydrogens (tertiary/aromatic N) is 2. The third kappa shape index (κ3) is 2.85. The predicted molar refractivity (Wildman–Crippen MR) is 82.9 cm³/mol. The number of amides is 1. The summed E-state index contributed by atoms with van der Waals surface area (Å²) in [5.74, 6) is -0.0103. The highest BCUT2D eigenvalue weighted by molar-refractivity contribution is 6.05. The lowest BCUT2D eigenvalue weighted by Gasteiger charge is -2.21. The molecule has 0 aliphatic rings. The van der Waals surface area contributed by atoms with E-state index >= 15 is 0 Å². The molecule has 0 saturated carbocycles. The number of rotatable bonds is 5. The van der Waals surface area contributed by atoms with Gasteiger partial charge in [0.25, 0.3) is 5.91 Å². The summed E-state index contributed by atoms with van der Waals surface area (Å²) in [6.45, 7) is 5.48. The van der Waals surface area contributed by atoms with Crippen molar-refractivity contribution in [2.24, 2.45) is 0 Å². The van der Waals surface area contributed by atoms with Crippen molar-refractivity contribution in [2.75, 3.05) is 17.2 Å². The van der Waals surface area contributed by atoms with Gasteiger partial charge in [-0.25, -0.2) is 0 Å². The second-order valence-corrected chi connectivity index (χ2v) is 4.74. The van der Waals surface area contributed by atoms with Gasteiger partial charge >= 0.3 is 0 Å². The lowest BCUT2D eigenvalue weighted by Crippen LogP contribution is -2.32. The number of aromatic nitrogens is 1. The Hall–Kier alpha value is -2.23. The molecule has 0 aliphatic carbocycles. The molecule has 0 unspecified atom stereocenters. The molecular formula is C16H21N3O. The molecule has 1 aromatic heterocycles. The van der Waals surface area contributed by atoms with Gasteiger partial charge in [0.15, 0.2) is 0 Å². The summed E-state index contributed by atoms with van der Waals surface area (Å²) in [7, 11) is 0. The molecule has 0 bridgehead atoms. The second kappa shape index (κ2) is 6.28. The maximum absolute atomic E-state index is 12.7. The molecule has 1 amide bonds. The number of nitrogen functional groups attached to an aromatic ring is 1. The van der Waals surface area contributed by atoms with Gasteiger partial charge in [-0.15, -0.1) is 0 Å². The third-order valence-electron chi connectivity index (χ3n) is 3.23. The first-order chi connectivity index (χ1) is 9.67. The van der Waals surface area contributed by atoms with Crippen LogP contribution in [0.4, 0.5) is 11.4 Å². The van der Waals surface area contributed by atoms with E-state index in [4.69, 9.17) is 5.73 Å². The van der Waals surface area contributed by atoms with Crippen LogP contribution in [-0.4, -0.2) is 17.0 Å². The zero-order valence-electron chi connectivity index (χ0n) is 12.0. The van der Waals surface area contributed by atoms with E-state index < -0.39 is 0 Å². The molecule has 4 heteroatoms. The summed E-state index contributed by atoms with van der Waals surface area (Å²) in [6.07, 6.45) is 2.79. The fraction of sp³-hybridized carbons (Fsp3) is 0.312. The molecule has 0 fully saturated rings. The Labute approximate surface area is 119 Å². The van der Waals surface area contributed by atoms with E-state index in [2.05, 4.69) is 6.92 Å². The van der Waals surface area contributed by atoms with Gasteiger partial charge in [-0.3, -0.25) is 4.79 Å². The van der Waals surface area contributed by atoms with Crippen LogP contribution in [0.25, 0.3) is 0 Å². The molecule has 2 rings (SSSR count). The second-order valence-electron chi connectivity index (χ2n) is 4.74. The number of benzene rings is 1. The quantitative estimate of drug-likeness (QED) is 0.908. The Bertz CT molecular complexity index is 575. The highest BCUT2D eigenvalue weighted by atomic mass is 16.2.